The van der Waals surface area contributed by atoms with Crippen LogP contribution in [-0.2, 0) is 17.6 Å². The third-order valence-electron chi connectivity index (χ3n) is 3.84. The molecule has 1 aromatic rings. The lowest BCUT2D eigenvalue weighted by Crippen LogP contribution is -2.43. The fraction of sp³-hybridized carbons (Fsp3) is 0.533. The van der Waals surface area contributed by atoms with Gasteiger partial charge in [0.2, 0.25) is 0 Å². The van der Waals surface area contributed by atoms with Crippen molar-refractivity contribution in [3.05, 3.63) is 28.3 Å². The monoisotopic (exact) mass is 349 g/mol. The number of halogens is 4. The number of hydrogen-bond acceptors (Lipinski definition) is 3. The fourth-order valence-corrected chi connectivity index (χ4v) is 3.01. The summed E-state index contributed by atoms with van der Waals surface area (Å²) < 4.78 is 37.8. The van der Waals surface area contributed by atoms with Crippen LogP contribution >= 0.6 is 11.6 Å². The quantitative estimate of drug-likeness (QED) is 0.882. The predicted molar refractivity (Wildman–Crippen MR) is 83.7 cm³/mol. The number of benzene rings is 1. The number of rotatable bonds is 3. The molecule has 128 valence electrons. The van der Waals surface area contributed by atoms with E-state index in [4.69, 9.17) is 17.3 Å². The molecule has 0 atom stereocenters. The Morgan fingerprint density at radius 2 is 2.04 bits per heavy atom. The van der Waals surface area contributed by atoms with Gasteiger partial charge in [0.25, 0.3) is 0 Å². The minimum absolute atomic E-state index is 0.0449. The second-order valence-electron chi connectivity index (χ2n) is 5.42. The molecule has 1 heterocycles. The highest BCUT2D eigenvalue weighted by Crippen LogP contribution is 2.32. The van der Waals surface area contributed by atoms with Gasteiger partial charge in [0, 0.05) is 26.2 Å². The third kappa shape index (κ3) is 4.29. The highest BCUT2D eigenvalue weighted by molar-refractivity contribution is 6.33. The second kappa shape index (κ2) is 7.40. The summed E-state index contributed by atoms with van der Waals surface area (Å²) in [6.45, 7) is 1.15. The predicted octanol–water partition coefficient (Wildman–Crippen LogP) is 2.59. The Balaban J connectivity index is 2.21. The van der Waals surface area contributed by atoms with Crippen LogP contribution in [0.4, 0.5) is 18.9 Å². The first kappa shape index (κ1) is 17.9. The first-order valence-corrected chi connectivity index (χ1v) is 7.82. The molecule has 3 N–H and O–H groups in total. The van der Waals surface area contributed by atoms with E-state index in [-0.39, 0.29) is 13.1 Å². The summed E-state index contributed by atoms with van der Waals surface area (Å²) >= 11 is 6.21. The van der Waals surface area contributed by atoms with Crippen molar-refractivity contribution >= 4 is 23.2 Å². The molecule has 0 fully saturated rings. The third-order valence-corrected chi connectivity index (χ3v) is 4.16. The van der Waals surface area contributed by atoms with E-state index in [9.17, 15) is 18.0 Å². The van der Waals surface area contributed by atoms with Crippen LogP contribution < -0.4 is 11.1 Å². The van der Waals surface area contributed by atoms with Gasteiger partial charge in [-0.3, -0.25) is 4.79 Å². The van der Waals surface area contributed by atoms with E-state index in [2.05, 4.69) is 5.32 Å². The van der Waals surface area contributed by atoms with Crippen molar-refractivity contribution in [2.45, 2.75) is 25.4 Å². The number of hydrogen-bond donors (Lipinski definition) is 2. The summed E-state index contributed by atoms with van der Waals surface area (Å²) in [5.74, 6) is -1.77. The van der Waals surface area contributed by atoms with Crippen LogP contribution in [0.1, 0.15) is 17.5 Å². The molecular weight excluding hydrogens is 331 g/mol. The van der Waals surface area contributed by atoms with Gasteiger partial charge in [0.15, 0.2) is 0 Å². The Kier molecular flexibility index (Phi) is 5.75. The summed E-state index contributed by atoms with van der Waals surface area (Å²) in [7, 11) is 0. The molecule has 4 nitrogen and oxygen atoms in total. The highest BCUT2D eigenvalue weighted by Gasteiger charge is 2.42. The van der Waals surface area contributed by atoms with Crippen molar-refractivity contribution in [3.8, 4) is 0 Å². The van der Waals surface area contributed by atoms with Crippen LogP contribution in [0, 0.1) is 0 Å². The zero-order valence-corrected chi connectivity index (χ0v) is 13.3. The Morgan fingerprint density at radius 1 is 1.30 bits per heavy atom. The molecule has 23 heavy (non-hydrogen) atoms. The molecule has 1 aliphatic heterocycles. The number of nitrogens with one attached hydrogen (secondary N) is 1. The maximum absolute atomic E-state index is 12.6. The first-order valence-electron chi connectivity index (χ1n) is 7.45. The van der Waals surface area contributed by atoms with E-state index < -0.39 is 12.1 Å². The Morgan fingerprint density at radius 3 is 2.70 bits per heavy atom. The maximum atomic E-state index is 12.6. The van der Waals surface area contributed by atoms with Gasteiger partial charge < -0.3 is 16.0 Å². The summed E-state index contributed by atoms with van der Waals surface area (Å²) in [5, 5.41) is 3.75. The van der Waals surface area contributed by atoms with E-state index in [1.165, 1.54) is 0 Å². The SMILES string of the molecule is NCCNc1c(Cl)ccc2c1CCCN(C(=O)C(F)(F)F)CC2. The molecule has 0 radical (unpaired) electrons. The standard InChI is InChI=1S/C15H19ClF3N3O/c16-12-4-3-10-5-9-22(14(23)15(17,18)19)8-1-2-11(10)13(12)21-7-6-20/h3-4,21H,1-2,5-9,20H2. The number of amides is 1. The van der Waals surface area contributed by atoms with Crippen LogP contribution in [0.15, 0.2) is 12.1 Å². The molecule has 0 unspecified atom stereocenters. The van der Waals surface area contributed by atoms with Gasteiger partial charge in [0.05, 0.1) is 10.7 Å². The van der Waals surface area contributed by atoms with Crippen molar-refractivity contribution in [1.82, 2.24) is 4.90 Å². The van der Waals surface area contributed by atoms with Crippen LogP contribution in [0.5, 0.6) is 0 Å². The molecule has 1 aromatic carbocycles. The lowest BCUT2D eigenvalue weighted by Gasteiger charge is -2.28. The number of nitrogens with two attached hydrogens (primary N) is 1. The molecule has 0 saturated carbocycles. The van der Waals surface area contributed by atoms with E-state index in [1.54, 1.807) is 6.07 Å². The molecule has 0 saturated heterocycles. The molecule has 8 heteroatoms. The first-order chi connectivity index (χ1) is 10.8. The zero-order chi connectivity index (χ0) is 17.0. The smallest absolute Gasteiger partial charge is 0.382 e. The number of nitrogens with zero attached hydrogens (tertiary/aromatic N) is 1. The summed E-state index contributed by atoms with van der Waals surface area (Å²) in [6, 6.07) is 3.53. The molecular formula is C15H19ClF3N3O. The average molecular weight is 350 g/mol. The molecule has 1 aliphatic rings. The van der Waals surface area contributed by atoms with E-state index >= 15 is 0 Å². The molecule has 1 amide bonds. The summed E-state index contributed by atoms with van der Waals surface area (Å²) in [4.78, 5) is 12.3. The number of alkyl halides is 3. The number of carbonyl (C=O) groups excluding carboxylic acids is 1. The van der Waals surface area contributed by atoms with Crippen molar-refractivity contribution in [1.29, 1.82) is 0 Å². The minimum atomic E-state index is -4.82. The fourth-order valence-electron chi connectivity index (χ4n) is 2.77. The second-order valence-corrected chi connectivity index (χ2v) is 5.83. The van der Waals surface area contributed by atoms with Gasteiger partial charge in [0.1, 0.15) is 0 Å². The van der Waals surface area contributed by atoms with Crippen molar-refractivity contribution in [2.24, 2.45) is 5.73 Å². The van der Waals surface area contributed by atoms with E-state index in [1.807, 2.05) is 6.07 Å². The Hall–Kier alpha value is -1.47. The summed E-state index contributed by atoms with van der Waals surface area (Å²) in [5.41, 5.74) is 8.21. The Bertz CT molecular complexity index is 578. The lowest BCUT2D eigenvalue weighted by molar-refractivity contribution is -0.185. The zero-order valence-electron chi connectivity index (χ0n) is 12.5. The molecule has 0 aliphatic carbocycles. The van der Waals surface area contributed by atoms with Gasteiger partial charge in [-0.05, 0) is 36.5 Å². The maximum Gasteiger partial charge on any atom is 0.471 e. The van der Waals surface area contributed by atoms with Gasteiger partial charge in [-0.2, -0.15) is 13.2 Å². The molecule has 0 spiro atoms. The normalized spacial score (nSPS) is 15.6. The van der Waals surface area contributed by atoms with Crippen LogP contribution in [0.25, 0.3) is 0 Å². The van der Waals surface area contributed by atoms with Gasteiger partial charge in [-0.15, -0.1) is 0 Å². The lowest BCUT2D eigenvalue weighted by atomic mass is 9.96. The molecule has 0 bridgehead atoms. The van der Waals surface area contributed by atoms with Crippen molar-refractivity contribution in [2.75, 3.05) is 31.5 Å². The molecule has 0 aromatic heterocycles. The highest BCUT2D eigenvalue weighted by atomic mass is 35.5. The van der Waals surface area contributed by atoms with Crippen molar-refractivity contribution in [3.63, 3.8) is 0 Å². The summed E-state index contributed by atoms with van der Waals surface area (Å²) in [6.07, 6.45) is -3.45. The van der Waals surface area contributed by atoms with Crippen molar-refractivity contribution < 1.29 is 18.0 Å². The number of carbonyl (C=O) groups is 1. The largest absolute Gasteiger partial charge is 0.471 e. The van der Waals surface area contributed by atoms with Crippen LogP contribution in [0.3, 0.4) is 0 Å². The van der Waals surface area contributed by atoms with Gasteiger partial charge >= 0.3 is 12.1 Å². The van der Waals surface area contributed by atoms with Gasteiger partial charge in [-0.25, -0.2) is 0 Å². The van der Waals surface area contributed by atoms with Crippen LogP contribution in [-0.4, -0.2) is 43.2 Å². The Labute approximate surface area is 137 Å². The number of fused-ring (bicyclic) bond motifs is 1. The number of anilines is 1. The average Bonchev–Trinajstić information content (AvgIpc) is 2.46. The van der Waals surface area contributed by atoms with Gasteiger partial charge in [-0.1, -0.05) is 17.7 Å². The molecule has 2 rings (SSSR count). The topological polar surface area (TPSA) is 58.4 Å². The van der Waals surface area contributed by atoms with Crippen LogP contribution in [0.2, 0.25) is 5.02 Å². The van der Waals surface area contributed by atoms with E-state index in [0.29, 0.717) is 37.4 Å². The van der Waals surface area contributed by atoms with E-state index in [0.717, 1.165) is 21.7 Å². The minimum Gasteiger partial charge on any atom is -0.382 e.